The van der Waals surface area contributed by atoms with Crippen LogP contribution in [0.4, 0.5) is 5.69 Å². The number of nitro groups is 1. The Morgan fingerprint density at radius 2 is 2.11 bits per heavy atom. The molecule has 0 unspecified atom stereocenters. The van der Waals surface area contributed by atoms with Gasteiger partial charge in [-0.1, -0.05) is 24.3 Å². The van der Waals surface area contributed by atoms with Crippen LogP contribution in [0.1, 0.15) is 38.2 Å². The van der Waals surface area contributed by atoms with Crippen LogP contribution in [0.25, 0.3) is 0 Å². The second kappa shape index (κ2) is 7.42. The summed E-state index contributed by atoms with van der Waals surface area (Å²) in [7, 11) is 0. The molecule has 2 saturated heterocycles. The molecule has 2 aliphatic heterocycles. The smallest absolute Gasteiger partial charge is 0.273 e. The highest BCUT2D eigenvalue weighted by Gasteiger charge is 2.59. The number of nitrogens with zero attached hydrogens (tertiary/aromatic N) is 2. The summed E-state index contributed by atoms with van der Waals surface area (Å²) in [6.45, 7) is 5.12. The van der Waals surface area contributed by atoms with Gasteiger partial charge in [0.1, 0.15) is 0 Å². The lowest BCUT2D eigenvalue weighted by Crippen LogP contribution is -2.53. The molecule has 0 bridgehead atoms. The van der Waals surface area contributed by atoms with Crippen molar-refractivity contribution in [2.24, 2.45) is 0 Å². The largest absolute Gasteiger partial charge is 0.348 e. The average Bonchev–Trinajstić information content (AvgIpc) is 3.27. The van der Waals surface area contributed by atoms with Crippen molar-refractivity contribution in [2.45, 2.75) is 49.9 Å². The number of likely N-dealkylation sites (tertiary alicyclic amines) is 1. The van der Waals surface area contributed by atoms with Gasteiger partial charge in [0, 0.05) is 46.1 Å². The van der Waals surface area contributed by atoms with E-state index in [1.165, 1.54) is 3.58 Å². The first kappa shape index (κ1) is 19.3. The molecular weight excluding hydrogens is 459 g/mol. The van der Waals surface area contributed by atoms with Gasteiger partial charge in [0.15, 0.2) is 5.79 Å². The first-order valence-electron chi connectivity index (χ1n) is 9.56. The quantitative estimate of drug-likeness (QED) is 0.365. The van der Waals surface area contributed by atoms with Crippen molar-refractivity contribution in [3.8, 4) is 0 Å². The van der Waals surface area contributed by atoms with Crippen LogP contribution >= 0.6 is 22.6 Å². The number of allylic oxidation sites excluding steroid dienone is 1. The van der Waals surface area contributed by atoms with Gasteiger partial charge in [0.25, 0.3) is 5.69 Å². The third-order valence-electron chi connectivity index (χ3n) is 6.43. The van der Waals surface area contributed by atoms with Crippen LogP contribution in [0.15, 0.2) is 33.9 Å². The van der Waals surface area contributed by atoms with E-state index >= 15 is 0 Å². The molecule has 146 valence electrons. The summed E-state index contributed by atoms with van der Waals surface area (Å²) in [5.74, 6) is -0.579. The maximum absolute atomic E-state index is 11.8. The van der Waals surface area contributed by atoms with E-state index in [0.717, 1.165) is 37.9 Å². The highest BCUT2D eigenvalue weighted by Crippen LogP contribution is 2.55. The number of nitro benzene ring substituents is 1. The Kier molecular flexibility index (Phi) is 5.30. The first-order valence-corrected chi connectivity index (χ1v) is 10.6. The number of hydrogen-bond donors (Lipinski definition) is 0. The monoisotopic (exact) mass is 484 g/mol. The summed E-state index contributed by atoms with van der Waals surface area (Å²) >= 11 is 2.39. The van der Waals surface area contributed by atoms with Crippen LogP contribution in [-0.4, -0.2) is 48.0 Å². The molecule has 27 heavy (non-hydrogen) atoms. The van der Waals surface area contributed by atoms with Crippen molar-refractivity contribution in [3.63, 3.8) is 0 Å². The van der Waals surface area contributed by atoms with E-state index in [2.05, 4.69) is 40.5 Å². The van der Waals surface area contributed by atoms with Crippen LogP contribution < -0.4 is 0 Å². The number of para-hydroxylation sites is 1. The predicted octanol–water partition coefficient (Wildman–Crippen LogP) is 4.17. The number of halogens is 1. The summed E-state index contributed by atoms with van der Waals surface area (Å²) in [6, 6.07) is 7.52. The lowest BCUT2D eigenvalue weighted by atomic mass is 9.63. The van der Waals surface area contributed by atoms with Crippen molar-refractivity contribution < 1.29 is 14.4 Å². The SMILES string of the molecule is C/C=C(\I)CN1CC[C@@]2(c3ccccc3[N+](=O)[O-])CC3(CC[C@@H]12)OCCO3. The molecule has 0 amide bonds. The second-order valence-electron chi connectivity index (χ2n) is 7.73. The highest BCUT2D eigenvalue weighted by molar-refractivity contribution is 14.1. The zero-order valence-electron chi connectivity index (χ0n) is 15.5. The van der Waals surface area contributed by atoms with Crippen LogP contribution in [0.5, 0.6) is 0 Å². The van der Waals surface area contributed by atoms with Gasteiger partial charge in [0.2, 0.25) is 0 Å². The number of hydrogen-bond acceptors (Lipinski definition) is 5. The average molecular weight is 484 g/mol. The summed E-state index contributed by atoms with van der Waals surface area (Å²) in [5.41, 5.74) is 0.757. The molecule has 1 aromatic carbocycles. The van der Waals surface area contributed by atoms with E-state index in [1.54, 1.807) is 12.1 Å². The number of fused-ring (bicyclic) bond motifs is 1. The Hall–Kier alpha value is -1.03. The van der Waals surface area contributed by atoms with E-state index < -0.39 is 5.79 Å². The zero-order valence-corrected chi connectivity index (χ0v) is 17.7. The minimum atomic E-state index is -0.579. The number of rotatable bonds is 4. The molecule has 2 heterocycles. The lowest BCUT2D eigenvalue weighted by molar-refractivity contribution is -0.386. The highest BCUT2D eigenvalue weighted by atomic mass is 127. The Morgan fingerprint density at radius 1 is 1.37 bits per heavy atom. The summed E-state index contributed by atoms with van der Waals surface area (Å²) in [5, 5.41) is 11.8. The Bertz CT molecular complexity index is 762. The summed E-state index contributed by atoms with van der Waals surface area (Å²) in [4.78, 5) is 14.0. The molecule has 3 aliphatic rings. The molecule has 0 N–H and O–H groups in total. The predicted molar refractivity (Wildman–Crippen MR) is 111 cm³/mol. The summed E-state index contributed by atoms with van der Waals surface area (Å²) in [6.07, 6.45) is 5.50. The van der Waals surface area contributed by atoms with Gasteiger partial charge in [-0.25, -0.2) is 0 Å². The van der Waals surface area contributed by atoms with Crippen LogP contribution in [-0.2, 0) is 14.9 Å². The fourth-order valence-electron chi connectivity index (χ4n) is 5.29. The molecule has 0 aromatic heterocycles. The Morgan fingerprint density at radius 3 is 2.81 bits per heavy atom. The second-order valence-corrected chi connectivity index (χ2v) is 9.11. The fourth-order valence-corrected chi connectivity index (χ4v) is 5.73. The molecule has 1 spiro atoms. The van der Waals surface area contributed by atoms with Gasteiger partial charge >= 0.3 is 0 Å². The standard InChI is InChI=1S/C20H25IN2O4/c1-2-15(21)13-22-10-9-19(16-5-3-4-6-17(16)23(24)25)14-20(8-7-18(19)22)26-11-12-27-20/h2-6,18H,7-14H2,1H3/b15-2-/t18-,19+/m1/s1. The van der Waals surface area contributed by atoms with E-state index in [1.807, 2.05) is 12.1 Å². The van der Waals surface area contributed by atoms with Gasteiger partial charge in [0.05, 0.1) is 18.1 Å². The molecule has 6 nitrogen and oxygen atoms in total. The molecule has 3 fully saturated rings. The van der Waals surface area contributed by atoms with E-state index in [4.69, 9.17) is 9.47 Å². The van der Waals surface area contributed by atoms with Gasteiger partial charge in [-0.15, -0.1) is 0 Å². The zero-order chi connectivity index (χ0) is 19.1. The number of ether oxygens (including phenoxy) is 2. The minimum Gasteiger partial charge on any atom is -0.348 e. The van der Waals surface area contributed by atoms with Gasteiger partial charge in [-0.05, 0) is 48.9 Å². The summed E-state index contributed by atoms with van der Waals surface area (Å²) < 4.78 is 13.4. The normalized spacial score (nSPS) is 30.6. The topological polar surface area (TPSA) is 64.8 Å². The maximum Gasteiger partial charge on any atom is 0.273 e. The van der Waals surface area contributed by atoms with Crippen molar-refractivity contribution in [3.05, 3.63) is 49.6 Å². The molecule has 0 radical (unpaired) electrons. The molecular formula is C20H25IN2O4. The third-order valence-corrected chi connectivity index (χ3v) is 7.39. The molecule has 2 atom stereocenters. The minimum absolute atomic E-state index is 0.222. The lowest BCUT2D eigenvalue weighted by Gasteiger charge is -2.48. The Balaban J connectivity index is 1.78. The van der Waals surface area contributed by atoms with E-state index in [9.17, 15) is 10.1 Å². The van der Waals surface area contributed by atoms with Gasteiger partial charge in [-0.3, -0.25) is 15.0 Å². The first-order chi connectivity index (χ1) is 13.0. The molecule has 1 saturated carbocycles. The Labute approximate surface area is 173 Å². The van der Waals surface area contributed by atoms with Crippen molar-refractivity contribution in [1.82, 2.24) is 4.90 Å². The van der Waals surface area contributed by atoms with Gasteiger partial charge < -0.3 is 9.47 Å². The van der Waals surface area contributed by atoms with E-state index in [0.29, 0.717) is 19.6 Å². The third kappa shape index (κ3) is 3.32. The maximum atomic E-state index is 11.8. The van der Waals surface area contributed by atoms with Crippen LogP contribution in [0.3, 0.4) is 0 Å². The number of benzene rings is 1. The molecule has 1 aliphatic carbocycles. The molecule has 1 aromatic rings. The van der Waals surface area contributed by atoms with E-state index in [-0.39, 0.29) is 22.1 Å². The van der Waals surface area contributed by atoms with Crippen molar-refractivity contribution >= 4 is 28.3 Å². The molecule has 4 rings (SSSR count). The molecule has 7 heteroatoms. The van der Waals surface area contributed by atoms with Crippen molar-refractivity contribution in [1.29, 1.82) is 0 Å². The van der Waals surface area contributed by atoms with Crippen LogP contribution in [0.2, 0.25) is 0 Å². The van der Waals surface area contributed by atoms with Crippen molar-refractivity contribution in [2.75, 3.05) is 26.3 Å². The van der Waals surface area contributed by atoms with Crippen LogP contribution in [0, 0.1) is 10.1 Å². The fraction of sp³-hybridized carbons (Fsp3) is 0.600. The van der Waals surface area contributed by atoms with Gasteiger partial charge in [-0.2, -0.15) is 0 Å².